The predicted octanol–water partition coefficient (Wildman–Crippen LogP) is 4.68. The molecule has 9 heteroatoms. The molecule has 11 atom stereocenters. The molecule has 2 heterocycles. The summed E-state index contributed by atoms with van der Waals surface area (Å²) in [6.45, 7) is 13.3. The summed E-state index contributed by atoms with van der Waals surface area (Å²) in [7, 11) is 0. The van der Waals surface area contributed by atoms with Gasteiger partial charge >= 0.3 is 0 Å². The molecule has 268 valence electrons. The number of ether oxygens (including phenoxy) is 1. The Morgan fingerprint density at radius 2 is 1.43 bits per heavy atom. The van der Waals surface area contributed by atoms with Crippen LogP contribution in [0.5, 0.6) is 0 Å². The van der Waals surface area contributed by atoms with Gasteiger partial charge in [0.15, 0.2) is 0 Å². The Kier molecular flexibility index (Phi) is 11.6. The number of fused-ring (bicyclic) bond motifs is 1. The van der Waals surface area contributed by atoms with Crippen LogP contribution in [0.15, 0.2) is 24.3 Å². The van der Waals surface area contributed by atoms with Crippen LogP contribution >= 0.6 is 0 Å². The van der Waals surface area contributed by atoms with Crippen LogP contribution in [0.1, 0.15) is 119 Å². The highest BCUT2D eigenvalue weighted by Gasteiger charge is 2.74. The predicted molar refractivity (Wildman–Crippen MR) is 181 cm³/mol. The third kappa shape index (κ3) is 6.31. The van der Waals surface area contributed by atoms with Gasteiger partial charge in [-0.25, -0.2) is 0 Å². The second-order valence-electron chi connectivity index (χ2n) is 16.5. The van der Waals surface area contributed by atoms with E-state index in [1.165, 1.54) is 0 Å². The van der Waals surface area contributed by atoms with Crippen molar-refractivity contribution >= 4 is 11.7 Å². The maximum Gasteiger partial charge on any atom is 0.231 e. The molecule has 0 spiro atoms. The smallest absolute Gasteiger partial charge is 0.231 e. The maximum absolute atomic E-state index is 13.4. The van der Waals surface area contributed by atoms with E-state index in [9.17, 15) is 35.1 Å². The van der Waals surface area contributed by atoms with Crippen molar-refractivity contribution in [2.75, 3.05) is 13.2 Å². The van der Waals surface area contributed by atoms with Crippen molar-refractivity contribution in [3.8, 4) is 0 Å². The fourth-order valence-electron chi connectivity index (χ4n) is 9.51. The maximum atomic E-state index is 13.4. The molecule has 47 heavy (non-hydrogen) atoms. The van der Waals surface area contributed by atoms with E-state index in [1.807, 2.05) is 46.8 Å². The van der Waals surface area contributed by atoms with Crippen LogP contribution in [-0.2, 0) is 14.3 Å². The van der Waals surface area contributed by atoms with Crippen LogP contribution in [0.4, 0.5) is 0 Å². The fraction of sp³-hybridized carbons (Fsp3) is 0.842. The Morgan fingerprint density at radius 3 is 1.89 bits per heavy atom. The minimum atomic E-state index is -1.36. The van der Waals surface area contributed by atoms with Gasteiger partial charge in [0.2, 0.25) is 5.91 Å². The lowest BCUT2D eigenvalue weighted by molar-refractivity contribution is -0.164. The summed E-state index contributed by atoms with van der Waals surface area (Å²) < 4.78 is 6.09. The summed E-state index contributed by atoms with van der Waals surface area (Å²) in [6, 6.07) is 0. The lowest BCUT2D eigenvalue weighted by Crippen LogP contribution is -2.67. The number of aliphatic hydroxyl groups is 5. The van der Waals surface area contributed by atoms with Crippen LogP contribution in [0.25, 0.3) is 0 Å². The van der Waals surface area contributed by atoms with E-state index in [0.717, 1.165) is 51.4 Å². The molecular weight excluding hydrogens is 598 g/mol. The molecular formula is C38H63NO8. The largest absolute Gasteiger partial charge is 0.396 e. The van der Waals surface area contributed by atoms with Crippen LogP contribution in [0, 0.1) is 34.5 Å². The first kappa shape index (κ1) is 38.2. The van der Waals surface area contributed by atoms with Crippen molar-refractivity contribution in [3.05, 3.63) is 24.3 Å². The zero-order valence-corrected chi connectivity index (χ0v) is 30.0. The summed E-state index contributed by atoms with van der Waals surface area (Å²) in [6.07, 6.45) is 14.6. The molecule has 1 saturated carbocycles. The standard InChI is InChI=1S/C21H35NO4.C17H28O4/c1-6-10-15-17(24)22-18(19(2,3)4)26-13-21(22,20(15,5)25)16(23)14-11-8-7-9-12-14;1-3-7-13-14(19)10-17(11-18,16(13,2)21)15(20)12-8-5-4-6-9-12/h8,11,14-16,18,23,25H,6-7,9-10,12-13H2,1-5H3;5,8,12-13,15,18,20-21H,3-4,6-7,9-11H2,1-2H3/t14-,15+,16-,18+,20+,21-;12-,13+,15-,16+,17+/m11/s1. The van der Waals surface area contributed by atoms with Crippen molar-refractivity contribution in [3.63, 3.8) is 0 Å². The third-order valence-electron chi connectivity index (χ3n) is 12.4. The van der Waals surface area contributed by atoms with Gasteiger partial charge in [-0.05, 0) is 65.2 Å². The first-order chi connectivity index (χ1) is 22.0. The highest BCUT2D eigenvalue weighted by Crippen LogP contribution is 2.56. The summed E-state index contributed by atoms with van der Waals surface area (Å²) in [5.74, 6) is -1.25. The Labute approximate surface area is 282 Å². The highest BCUT2D eigenvalue weighted by atomic mass is 16.5. The van der Waals surface area contributed by atoms with E-state index in [-0.39, 0.29) is 48.6 Å². The molecule has 5 N–H and O–H groups in total. The fourth-order valence-corrected chi connectivity index (χ4v) is 9.51. The average Bonchev–Trinajstić information content (AvgIpc) is 3.60. The minimum absolute atomic E-state index is 0.0326. The number of carbonyl (C=O) groups excluding carboxylic acids is 2. The van der Waals surface area contributed by atoms with E-state index in [2.05, 4.69) is 12.2 Å². The SMILES string of the molecule is CCC[C@H]1C(=O)C[C@](CO)([C@H](O)[C@@H]2C=CCCC2)[C@@]1(C)O.CCC[C@H]1C(=O)N2[C@H](C(C)(C)C)OC[C@@]2([C@H](O)[C@@H]2C=CCCC2)[C@@]1(C)O. The molecule has 0 bridgehead atoms. The topological polar surface area (TPSA) is 148 Å². The number of allylic oxidation sites excluding steroid dienone is 2. The molecule has 0 radical (unpaired) electrons. The average molecular weight is 662 g/mol. The van der Waals surface area contributed by atoms with Gasteiger partial charge in [-0.3, -0.25) is 9.59 Å². The summed E-state index contributed by atoms with van der Waals surface area (Å²) in [5, 5.41) is 54.9. The first-order valence-corrected chi connectivity index (χ1v) is 18.2. The summed E-state index contributed by atoms with van der Waals surface area (Å²) in [4.78, 5) is 27.5. The number of nitrogens with zero attached hydrogens (tertiary/aromatic N) is 1. The number of rotatable bonds is 9. The molecule has 9 nitrogen and oxygen atoms in total. The molecule has 0 aromatic carbocycles. The van der Waals surface area contributed by atoms with Crippen LogP contribution in [0.2, 0.25) is 0 Å². The van der Waals surface area contributed by atoms with Gasteiger partial charge in [-0.2, -0.15) is 0 Å². The first-order valence-electron chi connectivity index (χ1n) is 18.2. The second-order valence-corrected chi connectivity index (χ2v) is 16.5. The minimum Gasteiger partial charge on any atom is -0.396 e. The van der Waals surface area contributed by atoms with E-state index in [1.54, 1.807) is 18.7 Å². The molecule has 5 aliphatic rings. The van der Waals surface area contributed by atoms with Crippen molar-refractivity contribution in [1.82, 2.24) is 4.90 Å². The third-order valence-corrected chi connectivity index (χ3v) is 12.4. The van der Waals surface area contributed by atoms with Gasteiger partial charge in [-0.1, -0.05) is 71.8 Å². The number of hydrogen-bond acceptors (Lipinski definition) is 8. The molecule has 3 aliphatic carbocycles. The van der Waals surface area contributed by atoms with Gasteiger partial charge in [-0.15, -0.1) is 0 Å². The van der Waals surface area contributed by atoms with Gasteiger partial charge in [0.05, 0.1) is 42.4 Å². The van der Waals surface area contributed by atoms with Crippen molar-refractivity contribution < 1.29 is 39.9 Å². The Hall–Kier alpha value is -1.62. The van der Waals surface area contributed by atoms with E-state index in [4.69, 9.17) is 4.74 Å². The van der Waals surface area contributed by atoms with Gasteiger partial charge in [0, 0.05) is 29.6 Å². The van der Waals surface area contributed by atoms with Gasteiger partial charge < -0.3 is 35.2 Å². The van der Waals surface area contributed by atoms with Crippen LogP contribution < -0.4 is 0 Å². The Balaban J connectivity index is 0.000000218. The zero-order valence-electron chi connectivity index (χ0n) is 30.0. The van der Waals surface area contributed by atoms with Crippen molar-refractivity contribution in [2.45, 2.75) is 154 Å². The molecule has 2 aliphatic heterocycles. The molecule has 3 fully saturated rings. The quantitative estimate of drug-likeness (QED) is 0.224. The lowest BCUT2D eigenvalue weighted by Gasteiger charge is -2.47. The molecule has 0 unspecified atom stereocenters. The van der Waals surface area contributed by atoms with Gasteiger partial charge in [0.25, 0.3) is 0 Å². The Morgan fingerprint density at radius 1 is 0.894 bits per heavy atom. The Bertz CT molecular complexity index is 1170. The molecule has 5 rings (SSSR count). The van der Waals surface area contributed by atoms with E-state index < -0.39 is 52.4 Å². The number of amides is 1. The second kappa shape index (κ2) is 14.3. The van der Waals surface area contributed by atoms with E-state index in [0.29, 0.717) is 12.8 Å². The van der Waals surface area contributed by atoms with Crippen molar-refractivity contribution in [2.24, 2.45) is 34.5 Å². The number of hydrogen-bond donors (Lipinski definition) is 5. The number of aliphatic hydroxyl groups excluding tert-OH is 3. The highest BCUT2D eigenvalue weighted by molar-refractivity contribution is 5.86. The van der Waals surface area contributed by atoms with Gasteiger partial charge in [0.1, 0.15) is 23.2 Å². The molecule has 1 amide bonds. The zero-order chi connectivity index (χ0) is 35.0. The molecule has 0 aromatic rings. The summed E-state index contributed by atoms with van der Waals surface area (Å²) >= 11 is 0. The van der Waals surface area contributed by atoms with Crippen molar-refractivity contribution in [1.29, 1.82) is 0 Å². The monoisotopic (exact) mass is 661 g/mol. The lowest BCUT2D eigenvalue weighted by atomic mass is 9.64. The van der Waals surface area contributed by atoms with E-state index >= 15 is 0 Å². The number of ketones is 1. The normalized spacial score (nSPS) is 41.5. The molecule has 2 saturated heterocycles. The number of carbonyl (C=O) groups is 2. The van der Waals surface area contributed by atoms with Crippen LogP contribution in [-0.4, -0.2) is 90.5 Å². The van der Waals surface area contributed by atoms with Crippen LogP contribution in [0.3, 0.4) is 0 Å². The summed E-state index contributed by atoms with van der Waals surface area (Å²) in [5.41, 5.74) is -5.22. The molecule has 0 aromatic heterocycles. The number of Topliss-reactive ketones (excluding diaryl/α,β-unsaturated/α-hetero) is 1.